The molecule has 1 atom stereocenters. The molecule has 0 saturated heterocycles. The van der Waals surface area contributed by atoms with Gasteiger partial charge in [-0.2, -0.15) is 28.3 Å². The van der Waals surface area contributed by atoms with Crippen LogP contribution in [0.1, 0.15) is 24.2 Å². The zero-order valence-electron chi connectivity index (χ0n) is 17.4. The molecule has 2 aliphatic rings. The van der Waals surface area contributed by atoms with E-state index in [1.165, 1.54) is 13.2 Å². The zero-order chi connectivity index (χ0) is 23.8. The van der Waals surface area contributed by atoms with E-state index in [0.717, 1.165) is 5.56 Å². The number of halogens is 3. The van der Waals surface area contributed by atoms with Crippen molar-refractivity contribution in [2.45, 2.75) is 19.2 Å². The summed E-state index contributed by atoms with van der Waals surface area (Å²) >= 11 is 0.205. The first-order chi connectivity index (χ1) is 15.7. The van der Waals surface area contributed by atoms with Crippen molar-refractivity contribution in [3.05, 3.63) is 65.2 Å². The second kappa shape index (κ2) is 8.74. The predicted molar refractivity (Wildman–Crippen MR) is 120 cm³/mol. The fourth-order valence-corrected chi connectivity index (χ4v) is 3.89. The highest BCUT2D eigenvalue weighted by atomic mass is 32.2. The summed E-state index contributed by atoms with van der Waals surface area (Å²) < 4.78 is 50.3. The van der Waals surface area contributed by atoms with Gasteiger partial charge in [-0.05, 0) is 48.0 Å². The molecular formula is C22H17F3N4O3S. The van der Waals surface area contributed by atoms with Gasteiger partial charge in [0.05, 0.1) is 12.7 Å². The van der Waals surface area contributed by atoms with Crippen molar-refractivity contribution >= 4 is 39.8 Å². The van der Waals surface area contributed by atoms with Gasteiger partial charge in [-0.25, -0.2) is 0 Å². The number of thioether (sulfide) groups is 1. The molecule has 2 aromatic carbocycles. The number of rotatable bonds is 5. The smallest absolute Gasteiger partial charge is 0.441 e. The quantitative estimate of drug-likeness (QED) is 0.615. The lowest BCUT2D eigenvalue weighted by atomic mass is 10.1. The Bertz CT molecular complexity index is 1210. The van der Waals surface area contributed by atoms with Crippen LogP contribution in [-0.4, -0.2) is 40.2 Å². The SMILES string of the molecule is COc1cc(/C=C2\C(=N)N3N=C(C(F)(F)F)SC3=NC2=O)ccc1O[C@@H](C)c1ccccc1. The topological polar surface area (TPSA) is 87.3 Å². The van der Waals surface area contributed by atoms with E-state index >= 15 is 0 Å². The number of benzene rings is 2. The molecular weight excluding hydrogens is 457 g/mol. The molecule has 0 saturated carbocycles. The maximum Gasteiger partial charge on any atom is 0.441 e. The predicted octanol–water partition coefficient (Wildman–Crippen LogP) is 5.02. The van der Waals surface area contributed by atoms with Gasteiger partial charge < -0.3 is 9.47 Å². The molecule has 0 spiro atoms. The molecule has 0 aromatic heterocycles. The van der Waals surface area contributed by atoms with E-state index in [2.05, 4.69) is 10.1 Å². The first-order valence-electron chi connectivity index (χ1n) is 9.64. The highest BCUT2D eigenvalue weighted by molar-refractivity contribution is 8.27. The summed E-state index contributed by atoms with van der Waals surface area (Å²) in [6, 6.07) is 14.5. The molecule has 33 heavy (non-hydrogen) atoms. The van der Waals surface area contributed by atoms with Gasteiger partial charge >= 0.3 is 6.18 Å². The lowest BCUT2D eigenvalue weighted by Crippen LogP contribution is -2.35. The Kier molecular flexibility index (Phi) is 5.98. The number of amides is 1. The van der Waals surface area contributed by atoms with E-state index in [0.29, 0.717) is 22.1 Å². The lowest BCUT2D eigenvalue weighted by Gasteiger charge is -2.20. The maximum absolute atomic E-state index is 13.0. The van der Waals surface area contributed by atoms with Crippen molar-refractivity contribution in [2.24, 2.45) is 10.1 Å². The average Bonchev–Trinajstić information content (AvgIpc) is 3.23. The number of hydrogen-bond donors (Lipinski definition) is 1. The highest BCUT2D eigenvalue weighted by Crippen LogP contribution is 2.36. The monoisotopic (exact) mass is 474 g/mol. The second-order valence-corrected chi connectivity index (χ2v) is 7.96. The number of fused-ring (bicyclic) bond motifs is 1. The van der Waals surface area contributed by atoms with Gasteiger partial charge in [-0.15, -0.1) is 0 Å². The van der Waals surface area contributed by atoms with E-state index in [-0.39, 0.29) is 28.6 Å². The molecule has 2 aromatic rings. The van der Waals surface area contributed by atoms with Crippen LogP contribution in [0.5, 0.6) is 11.5 Å². The van der Waals surface area contributed by atoms with Crippen LogP contribution in [-0.2, 0) is 4.79 Å². The van der Waals surface area contributed by atoms with Gasteiger partial charge in [0.15, 0.2) is 17.3 Å². The Labute approximate surface area is 191 Å². The standard InChI is InChI=1S/C22H17F3N4O3S/c1-12(14-6-4-3-5-7-14)32-16-9-8-13(11-17(16)31-2)10-15-18(26)29-21(27-19(15)30)33-20(28-29)22(23,24)25/h3-12,26H,1-2H3/b15-10+,26-18?/t12-/m0/s1. The first-order valence-corrected chi connectivity index (χ1v) is 10.5. The van der Waals surface area contributed by atoms with Crippen LogP contribution >= 0.6 is 11.8 Å². The Morgan fingerprint density at radius 3 is 2.55 bits per heavy atom. The molecule has 170 valence electrons. The molecule has 1 N–H and O–H groups in total. The zero-order valence-corrected chi connectivity index (χ0v) is 18.2. The number of methoxy groups -OCH3 is 1. The van der Waals surface area contributed by atoms with Crippen LogP contribution in [0.4, 0.5) is 13.2 Å². The summed E-state index contributed by atoms with van der Waals surface area (Å²) in [7, 11) is 1.46. The number of nitrogens with zero attached hydrogens (tertiary/aromatic N) is 3. The minimum absolute atomic E-state index is 0.195. The van der Waals surface area contributed by atoms with Crippen molar-refractivity contribution < 1.29 is 27.4 Å². The van der Waals surface area contributed by atoms with Crippen molar-refractivity contribution in [2.75, 3.05) is 7.11 Å². The molecule has 2 heterocycles. The molecule has 0 aliphatic carbocycles. The average molecular weight is 474 g/mol. The summed E-state index contributed by atoms with van der Waals surface area (Å²) in [6.07, 6.45) is -3.60. The number of amidine groups is 2. The number of ether oxygens (including phenoxy) is 2. The minimum atomic E-state index is -4.70. The lowest BCUT2D eigenvalue weighted by molar-refractivity contribution is -0.114. The maximum atomic E-state index is 13.0. The van der Waals surface area contributed by atoms with Crippen molar-refractivity contribution in [3.63, 3.8) is 0 Å². The number of nitrogens with one attached hydrogen (secondary N) is 1. The van der Waals surface area contributed by atoms with Gasteiger partial charge in [0.1, 0.15) is 6.10 Å². The third kappa shape index (κ3) is 4.63. The van der Waals surface area contributed by atoms with E-state index in [1.54, 1.807) is 18.2 Å². The van der Waals surface area contributed by atoms with Crippen LogP contribution < -0.4 is 9.47 Å². The molecule has 11 heteroatoms. The van der Waals surface area contributed by atoms with Gasteiger partial charge in [-0.3, -0.25) is 10.2 Å². The molecule has 7 nitrogen and oxygen atoms in total. The summed E-state index contributed by atoms with van der Waals surface area (Å²) in [5.74, 6) is -0.458. The molecule has 1 amide bonds. The normalized spacial score (nSPS) is 18.1. The van der Waals surface area contributed by atoms with Gasteiger partial charge in [0, 0.05) is 0 Å². The Morgan fingerprint density at radius 2 is 1.88 bits per heavy atom. The van der Waals surface area contributed by atoms with E-state index in [1.807, 2.05) is 37.3 Å². The first kappa shape index (κ1) is 22.6. The third-order valence-corrected chi connectivity index (χ3v) is 5.72. The fraction of sp³-hybridized carbons (Fsp3) is 0.182. The van der Waals surface area contributed by atoms with Crippen LogP contribution in [0.25, 0.3) is 6.08 Å². The van der Waals surface area contributed by atoms with Crippen molar-refractivity contribution in [1.29, 1.82) is 5.41 Å². The van der Waals surface area contributed by atoms with Gasteiger partial charge in [0.25, 0.3) is 5.91 Å². The van der Waals surface area contributed by atoms with Gasteiger partial charge in [-0.1, -0.05) is 36.4 Å². The van der Waals surface area contributed by atoms with Crippen molar-refractivity contribution in [1.82, 2.24) is 5.01 Å². The number of hydrogen-bond acceptors (Lipinski definition) is 6. The Hall–Kier alpha value is -3.60. The van der Waals surface area contributed by atoms with Crippen LogP contribution in [0.15, 0.2) is 64.2 Å². The van der Waals surface area contributed by atoms with E-state index < -0.39 is 23.0 Å². The summed E-state index contributed by atoms with van der Waals surface area (Å²) in [5, 5.41) is 10.8. The van der Waals surface area contributed by atoms with Gasteiger partial charge in [0.2, 0.25) is 10.2 Å². The molecule has 0 radical (unpaired) electrons. The summed E-state index contributed by atoms with van der Waals surface area (Å²) in [4.78, 5) is 16.1. The fourth-order valence-electron chi connectivity index (χ4n) is 3.13. The van der Waals surface area contributed by atoms with Crippen LogP contribution in [0.2, 0.25) is 0 Å². The number of alkyl halides is 3. The highest BCUT2D eigenvalue weighted by Gasteiger charge is 2.46. The molecule has 0 fully saturated rings. The van der Waals surface area contributed by atoms with Crippen LogP contribution in [0, 0.1) is 5.41 Å². The number of aliphatic imine (C=N–C) groups is 1. The summed E-state index contributed by atoms with van der Waals surface area (Å²) in [5.41, 5.74) is 1.26. The van der Waals surface area contributed by atoms with E-state index in [9.17, 15) is 18.0 Å². The van der Waals surface area contributed by atoms with Crippen LogP contribution in [0.3, 0.4) is 0 Å². The molecule has 0 bridgehead atoms. The van der Waals surface area contributed by atoms with Crippen molar-refractivity contribution in [3.8, 4) is 11.5 Å². The largest absolute Gasteiger partial charge is 0.493 e. The second-order valence-electron chi connectivity index (χ2n) is 7.00. The summed E-state index contributed by atoms with van der Waals surface area (Å²) in [6.45, 7) is 1.89. The number of carbonyl (C=O) groups excluding carboxylic acids is 1. The van der Waals surface area contributed by atoms with E-state index in [4.69, 9.17) is 14.9 Å². The molecule has 2 aliphatic heterocycles. The minimum Gasteiger partial charge on any atom is -0.493 e. The Balaban J connectivity index is 1.60. The molecule has 0 unspecified atom stereocenters. The third-order valence-electron chi connectivity index (χ3n) is 4.77. The molecule has 4 rings (SSSR count). The Morgan fingerprint density at radius 1 is 1.15 bits per heavy atom. The number of carbonyl (C=O) groups is 1. The number of hydrazone groups is 1.